The fraction of sp³-hybridized carbons (Fsp3) is 0.0909. The molecule has 1 N–H and O–H groups in total. The number of aryl methyl sites for hydroxylation is 1. The molecule has 2 aromatic rings. The number of H-pyrrole nitrogens is 1. The Morgan fingerprint density at radius 1 is 1.33 bits per heavy atom. The van der Waals surface area contributed by atoms with E-state index in [0.29, 0.717) is 5.56 Å². The Labute approximate surface area is 85.6 Å². The highest BCUT2D eigenvalue weighted by Gasteiger charge is 2.08. The third-order valence-corrected chi connectivity index (χ3v) is 2.18. The van der Waals surface area contributed by atoms with Crippen LogP contribution < -0.4 is 5.69 Å². The van der Waals surface area contributed by atoms with Crippen molar-refractivity contribution in [3.63, 3.8) is 0 Å². The van der Waals surface area contributed by atoms with Gasteiger partial charge in [-0.3, -0.25) is 0 Å². The number of hydrogen-bond acceptors (Lipinski definition) is 2. The minimum Gasteiger partial charge on any atom is -0.303 e. The first-order valence-electron chi connectivity index (χ1n) is 4.49. The molecule has 0 amide bonds. The van der Waals surface area contributed by atoms with Crippen LogP contribution in [0.15, 0.2) is 35.3 Å². The molecule has 1 aromatic heterocycles. The van der Waals surface area contributed by atoms with Crippen LogP contribution in [0.4, 0.5) is 4.39 Å². The highest BCUT2D eigenvalue weighted by atomic mass is 19.1. The lowest BCUT2D eigenvalue weighted by Gasteiger charge is -2.05. The van der Waals surface area contributed by atoms with Gasteiger partial charge in [0.2, 0.25) is 0 Å². The molecule has 0 bridgehead atoms. The zero-order valence-corrected chi connectivity index (χ0v) is 8.12. The quantitative estimate of drug-likeness (QED) is 0.770. The second-order valence-corrected chi connectivity index (χ2v) is 3.23. The summed E-state index contributed by atoms with van der Waals surface area (Å²) >= 11 is 0. The number of halogens is 1. The second kappa shape index (κ2) is 3.65. The average molecular weight is 204 g/mol. The Bertz CT molecular complexity index is 548. The summed E-state index contributed by atoms with van der Waals surface area (Å²) in [7, 11) is 0. The van der Waals surface area contributed by atoms with Crippen molar-refractivity contribution < 1.29 is 4.39 Å². The first-order chi connectivity index (χ1) is 7.18. The Morgan fingerprint density at radius 3 is 2.80 bits per heavy atom. The van der Waals surface area contributed by atoms with Crippen LogP contribution in [0, 0.1) is 12.7 Å². The van der Waals surface area contributed by atoms with Crippen LogP contribution in [0.2, 0.25) is 0 Å². The number of aromatic amines is 1. The van der Waals surface area contributed by atoms with E-state index >= 15 is 0 Å². The average Bonchev–Trinajstić information content (AvgIpc) is 2.23. The SMILES string of the molecule is Cc1ccccc1-c1[nH]c(=O)ncc1F. The van der Waals surface area contributed by atoms with Crippen LogP contribution in [0.1, 0.15) is 5.56 Å². The van der Waals surface area contributed by atoms with Gasteiger partial charge >= 0.3 is 5.69 Å². The largest absolute Gasteiger partial charge is 0.345 e. The summed E-state index contributed by atoms with van der Waals surface area (Å²) in [4.78, 5) is 16.7. The zero-order chi connectivity index (χ0) is 10.8. The van der Waals surface area contributed by atoms with Gasteiger partial charge in [-0.05, 0) is 12.5 Å². The molecule has 0 aliphatic rings. The maximum atomic E-state index is 13.4. The van der Waals surface area contributed by atoms with E-state index < -0.39 is 11.5 Å². The van der Waals surface area contributed by atoms with Crippen molar-refractivity contribution in [1.29, 1.82) is 0 Å². The Morgan fingerprint density at radius 2 is 2.07 bits per heavy atom. The van der Waals surface area contributed by atoms with Crippen molar-refractivity contribution >= 4 is 0 Å². The van der Waals surface area contributed by atoms with Gasteiger partial charge in [-0.25, -0.2) is 9.18 Å². The standard InChI is InChI=1S/C11H9FN2O/c1-7-4-2-3-5-8(7)10-9(12)6-13-11(15)14-10/h2-6H,1H3,(H,13,14,15). The van der Waals surface area contributed by atoms with E-state index in [9.17, 15) is 9.18 Å². The molecule has 0 aliphatic heterocycles. The normalized spacial score (nSPS) is 10.3. The van der Waals surface area contributed by atoms with Gasteiger partial charge < -0.3 is 4.98 Å². The molecule has 1 heterocycles. The van der Waals surface area contributed by atoms with E-state index in [1.807, 2.05) is 19.1 Å². The Kier molecular flexibility index (Phi) is 2.33. The number of aromatic nitrogens is 2. The summed E-state index contributed by atoms with van der Waals surface area (Å²) in [6, 6.07) is 7.26. The first kappa shape index (κ1) is 9.58. The Hall–Kier alpha value is -1.97. The maximum Gasteiger partial charge on any atom is 0.345 e. The lowest BCUT2D eigenvalue weighted by atomic mass is 10.1. The van der Waals surface area contributed by atoms with E-state index in [1.54, 1.807) is 12.1 Å². The lowest BCUT2D eigenvalue weighted by Crippen LogP contribution is -2.12. The van der Waals surface area contributed by atoms with Crippen LogP contribution in [-0.2, 0) is 0 Å². The summed E-state index contributed by atoms with van der Waals surface area (Å²) in [5.74, 6) is -0.524. The predicted octanol–water partition coefficient (Wildman–Crippen LogP) is 1.88. The summed E-state index contributed by atoms with van der Waals surface area (Å²) in [5.41, 5.74) is 1.22. The van der Waals surface area contributed by atoms with Gasteiger partial charge in [-0.15, -0.1) is 0 Å². The molecular weight excluding hydrogens is 195 g/mol. The van der Waals surface area contributed by atoms with Crippen LogP contribution in [-0.4, -0.2) is 9.97 Å². The Balaban J connectivity index is 2.69. The van der Waals surface area contributed by atoms with Gasteiger partial charge in [-0.1, -0.05) is 24.3 Å². The number of nitrogens with zero attached hydrogens (tertiary/aromatic N) is 1. The highest BCUT2D eigenvalue weighted by Crippen LogP contribution is 2.21. The van der Waals surface area contributed by atoms with Crippen molar-refractivity contribution in [2.45, 2.75) is 6.92 Å². The number of hydrogen-bond donors (Lipinski definition) is 1. The van der Waals surface area contributed by atoms with Crippen LogP contribution in [0.5, 0.6) is 0 Å². The topological polar surface area (TPSA) is 45.8 Å². The molecule has 2 rings (SSSR count). The van der Waals surface area contributed by atoms with E-state index in [-0.39, 0.29) is 5.69 Å². The van der Waals surface area contributed by atoms with Gasteiger partial charge in [-0.2, -0.15) is 4.98 Å². The van der Waals surface area contributed by atoms with Crippen LogP contribution >= 0.6 is 0 Å². The van der Waals surface area contributed by atoms with Crippen LogP contribution in [0.3, 0.4) is 0 Å². The van der Waals surface area contributed by atoms with Crippen molar-refractivity contribution in [1.82, 2.24) is 9.97 Å². The molecular formula is C11H9FN2O. The third-order valence-electron chi connectivity index (χ3n) is 2.18. The number of rotatable bonds is 1. The molecule has 0 spiro atoms. The monoisotopic (exact) mass is 204 g/mol. The molecule has 0 unspecified atom stereocenters. The molecule has 4 heteroatoms. The summed E-state index contributed by atoms with van der Waals surface area (Å²) < 4.78 is 13.4. The highest BCUT2D eigenvalue weighted by molar-refractivity contribution is 5.63. The minimum atomic E-state index is -0.547. The fourth-order valence-electron chi connectivity index (χ4n) is 1.43. The van der Waals surface area contributed by atoms with Gasteiger partial charge in [0, 0.05) is 5.56 Å². The molecule has 15 heavy (non-hydrogen) atoms. The smallest absolute Gasteiger partial charge is 0.303 e. The molecule has 0 fully saturated rings. The second-order valence-electron chi connectivity index (χ2n) is 3.23. The summed E-state index contributed by atoms with van der Waals surface area (Å²) in [6.45, 7) is 1.85. The van der Waals surface area contributed by atoms with Gasteiger partial charge in [0.25, 0.3) is 0 Å². The van der Waals surface area contributed by atoms with Crippen LogP contribution in [0.25, 0.3) is 11.3 Å². The van der Waals surface area contributed by atoms with Gasteiger partial charge in [0.1, 0.15) is 0 Å². The molecule has 0 saturated heterocycles. The molecule has 0 radical (unpaired) electrons. The minimum absolute atomic E-state index is 0.188. The molecule has 3 nitrogen and oxygen atoms in total. The van der Waals surface area contributed by atoms with Crippen molar-refractivity contribution in [3.8, 4) is 11.3 Å². The third kappa shape index (κ3) is 1.79. The molecule has 0 atom stereocenters. The molecule has 1 aromatic carbocycles. The first-order valence-corrected chi connectivity index (χ1v) is 4.49. The van der Waals surface area contributed by atoms with Crippen molar-refractivity contribution in [2.75, 3.05) is 0 Å². The number of benzene rings is 1. The van der Waals surface area contributed by atoms with E-state index in [1.165, 1.54) is 0 Å². The number of nitrogens with one attached hydrogen (secondary N) is 1. The lowest BCUT2D eigenvalue weighted by molar-refractivity contribution is 0.615. The molecule has 0 saturated carbocycles. The van der Waals surface area contributed by atoms with Gasteiger partial charge in [0.15, 0.2) is 5.82 Å². The molecule has 76 valence electrons. The van der Waals surface area contributed by atoms with Crippen molar-refractivity contribution in [3.05, 3.63) is 52.3 Å². The predicted molar refractivity (Wildman–Crippen MR) is 55.0 cm³/mol. The van der Waals surface area contributed by atoms with E-state index in [0.717, 1.165) is 11.8 Å². The molecule has 0 aliphatic carbocycles. The fourth-order valence-corrected chi connectivity index (χ4v) is 1.43. The van der Waals surface area contributed by atoms with Crippen molar-refractivity contribution in [2.24, 2.45) is 0 Å². The summed E-state index contributed by atoms with van der Waals surface area (Å²) in [5, 5.41) is 0. The van der Waals surface area contributed by atoms with E-state index in [2.05, 4.69) is 9.97 Å². The zero-order valence-electron chi connectivity index (χ0n) is 8.12. The van der Waals surface area contributed by atoms with Gasteiger partial charge in [0.05, 0.1) is 11.9 Å². The summed E-state index contributed by atoms with van der Waals surface area (Å²) in [6.07, 6.45) is 0.931. The van der Waals surface area contributed by atoms with E-state index in [4.69, 9.17) is 0 Å². The maximum absolute atomic E-state index is 13.4.